The monoisotopic (exact) mass is 422 g/mol. The number of halogens is 1. The Kier molecular flexibility index (Phi) is 6.55. The molecule has 28 heavy (non-hydrogen) atoms. The van der Waals surface area contributed by atoms with Crippen molar-refractivity contribution in [1.29, 1.82) is 0 Å². The van der Waals surface area contributed by atoms with Crippen molar-refractivity contribution in [2.24, 2.45) is 0 Å². The number of amides is 2. The van der Waals surface area contributed by atoms with Crippen LogP contribution in [0.4, 0.5) is 20.0 Å². The van der Waals surface area contributed by atoms with Gasteiger partial charge < -0.3 is 10.1 Å². The van der Waals surface area contributed by atoms with Gasteiger partial charge in [-0.05, 0) is 23.8 Å². The highest BCUT2D eigenvalue weighted by atomic mass is 32.2. The summed E-state index contributed by atoms with van der Waals surface area (Å²) in [5.41, 5.74) is 0.776. The van der Waals surface area contributed by atoms with Crippen LogP contribution in [0.3, 0.4) is 0 Å². The van der Waals surface area contributed by atoms with Gasteiger partial charge in [0, 0.05) is 30.8 Å². The van der Waals surface area contributed by atoms with Crippen molar-refractivity contribution in [2.75, 3.05) is 23.5 Å². The van der Waals surface area contributed by atoms with E-state index in [2.05, 4.69) is 30.8 Å². The number of benzene rings is 1. The molecule has 2 heterocycles. The largest absolute Gasteiger partial charge is 0.476 e. The lowest BCUT2D eigenvalue weighted by Crippen LogP contribution is -2.19. The SMILES string of the molecule is CS(=O)c1nnc(NC(=O)Nc2ccc(F)c(CCOc3cnccn3)c2)s1. The molecule has 9 nitrogen and oxygen atoms in total. The number of ether oxygens (including phenoxy) is 1. The molecule has 0 spiro atoms. The Hall–Kier alpha value is -2.99. The van der Waals surface area contributed by atoms with E-state index in [-0.39, 0.29) is 18.2 Å². The van der Waals surface area contributed by atoms with Gasteiger partial charge in [0.05, 0.1) is 23.6 Å². The molecule has 3 aromatic rings. The Bertz CT molecular complexity index is 986. The fourth-order valence-corrected chi connectivity index (χ4v) is 3.44. The number of urea groups is 1. The number of nitrogens with one attached hydrogen (secondary N) is 2. The summed E-state index contributed by atoms with van der Waals surface area (Å²) in [6.45, 7) is 0.201. The molecule has 1 atom stereocenters. The van der Waals surface area contributed by atoms with Crippen molar-refractivity contribution in [3.63, 3.8) is 0 Å². The Labute approximate surface area is 165 Å². The van der Waals surface area contributed by atoms with Crippen molar-refractivity contribution in [3.8, 4) is 5.88 Å². The highest BCUT2D eigenvalue weighted by Crippen LogP contribution is 2.19. The summed E-state index contributed by atoms with van der Waals surface area (Å²) in [6.07, 6.45) is 6.24. The summed E-state index contributed by atoms with van der Waals surface area (Å²) < 4.78 is 31.0. The molecule has 2 amide bonds. The highest BCUT2D eigenvalue weighted by molar-refractivity contribution is 7.86. The maximum absolute atomic E-state index is 14.0. The van der Waals surface area contributed by atoms with Gasteiger partial charge in [0.15, 0.2) is 0 Å². The molecule has 1 unspecified atom stereocenters. The van der Waals surface area contributed by atoms with Crippen molar-refractivity contribution >= 4 is 39.0 Å². The van der Waals surface area contributed by atoms with Gasteiger partial charge in [0.25, 0.3) is 0 Å². The molecule has 0 bridgehead atoms. The Morgan fingerprint density at radius 2 is 2.14 bits per heavy atom. The number of carbonyl (C=O) groups is 1. The lowest BCUT2D eigenvalue weighted by atomic mass is 10.1. The van der Waals surface area contributed by atoms with Crippen LogP contribution in [0.25, 0.3) is 0 Å². The first-order valence-corrected chi connectivity index (χ1v) is 10.3. The minimum Gasteiger partial charge on any atom is -0.476 e. The van der Waals surface area contributed by atoms with E-state index in [1.54, 1.807) is 0 Å². The standard InChI is InChI=1S/C16H15FN6O3S2/c1-28(25)16-23-22-15(27-16)21-14(24)20-11-2-3-12(17)10(8-11)4-7-26-13-9-18-5-6-19-13/h2-3,5-6,8-9H,4,7H2,1H3,(H2,20,21,22,24). The molecule has 0 saturated heterocycles. The maximum Gasteiger partial charge on any atom is 0.325 e. The van der Waals surface area contributed by atoms with Crippen molar-refractivity contribution in [1.82, 2.24) is 20.2 Å². The zero-order valence-corrected chi connectivity index (χ0v) is 16.2. The minimum absolute atomic E-state index is 0.201. The molecule has 0 fully saturated rings. The van der Waals surface area contributed by atoms with Gasteiger partial charge in [0.1, 0.15) is 5.82 Å². The lowest BCUT2D eigenvalue weighted by Gasteiger charge is -2.09. The van der Waals surface area contributed by atoms with Crippen LogP contribution in [0.15, 0.2) is 41.1 Å². The average molecular weight is 422 g/mol. The molecule has 0 aliphatic heterocycles. The summed E-state index contributed by atoms with van der Waals surface area (Å²) in [4.78, 5) is 19.9. The van der Waals surface area contributed by atoms with Crippen molar-refractivity contribution < 1.29 is 18.1 Å². The van der Waals surface area contributed by atoms with Crippen molar-refractivity contribution in [3.05, 3.63) is 48.2 Å². The van der Waals surface area contributed by atoms with Gasteiger partial charge in [0.2, 0.25) is 15.4 Å². The fraction of sp³-hybridized carbons (Fsp3) is 0.188. The zero-order valence-electron chi connectivity index (χ0n) is 14.6. The van der Waals surface area contributed by atoms with E-state index in [1.165, 1.54) is 43.0 Å². The Morgan fingerprint density at radius 3 is 2.86 bits per heavy atom. The first-order chi connectivity index (χ1) is 13.5. The average Bonchev–Trinajstić information content (AvgIpc) is 3.14. The van der Waals surface area contributed by atoms with E-state index in [9.17, 15) is 13.4 Å². The molecule has 0 radical (unpaired) electrons. The quantitative estimate of drug-likeness (QED) is 0.561. The summed E-state index contributed by atoms with van der Waals surface area (Å²) in [5.74, 6) is -0.0612. The third kappa shape index (κ3) is 5.50. The van der Waals surface area contributed by atoms with Crippen LogP contribution in [-0.2, 0) is 17.2 Å². The van der Waals surface area contributed by atoms with Crippen LogP contribution in [0.5, 0.6) is 5.88 Å². The second-order valence-electron chi connectivity index (χ2n) is 5.35. The summed E-state index contributed by atoms with van der Waals surface area (Å²) in [6, 6.07) is 3.64. The van der Waals surface area contributed by atoms with Crippen LogP contribution in [-0.4, -0.2) is 43.3 Å². The smallest absolute Gasteiger partial charge is 0.325 e. The fourth-order valence-electron chi connectivity index (χ4n) is 2.11. The normalized spacial score (nSPS) is 11.6. The van der Waals surface area contributed by atoms with Crippen LogP contribution >= 0.6 is 11.3 Å². The van der Waals surface area contributed by atoms with Gasteiger partial charge in [-0.1, -0.05) is 11.3 Å². The second-order valence-corrected chi connectivity index (χ2v) is 7.89. The van der Waals surface area contributed by atoms with Crippen LogP contribution in [0.2, 0.25) is 0 Å². The van der Waals surface area contributed by atoms with E-state index in [1.807, 2.05) is 0 Å². The van der Waals surface area contributed by atoms with Crippen LogP contribution in [0, 0.1) is 5.82 Å². The molecule has 0 aliphatic rings. The Balaban J connectivity index is 1.57. The van der Waals surface area contributed by atoms with E-state index >= 15 is 0 Å². The molecule has 12 heteroatoms. The molecule has 2 aromatic heterocycles. The van der Waals surface area contributed by atoms with Gasteiger partial charge in [-0.15, -0.1) is 10.2 Å². The predicted molar refractivity (Wildman–Crippen MR) is 103 cm³/mol. The third-order valence-corrected chi connectivity index (χ3v) is 5.50. The van der Waals surface area contributed by atoms with Crippen molar-refractivity contribution in [2.45, 2.75) is 10.8 Å². The maximum atomic E-state index is 14.0. The highest BCUT2D eigenvalue weighted by Gasteiger charge is 2.11. The summed E-state index contributed by atoms with van der Waals surface area (Å²) in [7, 11) is -1.27. The van der Waals surface area contributed by atoms with Gasteiger partial charge in [-0.2, -0.15) is 0 Å². The van der Waals surface area contributed by atoms with Gasteiger partial charge >= 0.3 is 6.03 Å². The molecule has 146 valence electrons. The summed E-state index contributed by atoms with van der Waals surface area (Å²) in [5, 5.41) is 12.7. The number of hydrogen-bond donors (Lipinski definition) is 2. The number of hydrogen-bond acceptors (Lipinski definition) is 8. The molecule has 2 N–H and O–H groups in total. The number of aromatic nitrogens is 4. The lowest BCUT2D eigenvalue weighted by molar-refractivity contribution is 0.262. The molecule has 1 aromatic carbocycles. The van der Waals surface area contributed by atoms with E-state index in [0.717, 1.165) is 11.3 Å². The molecule has 0 saturated carbocycles. The molecular formula is C16H15FN6O3S2. The zero-order chi connectivity index (χ0) is 19.9. The van der Waals surface area contributed by atoms with E-state index < -0.39 is 22.6 Å². The Morgan fingerprint density at radius 1 is 1.29 bits per heavy atom. The summed E-state index contributed by atoms with van der Waals surface area (Å²) >= 11 is 1.01. The first-order valence-electron chi connectivity index (χ1n) is 7.93. The number of carbonyl (C=O) groups excluding carboxylic acids is 1. The topological polar surface area (TPSA) is 119 Å². The van der Waals surface area contributed by atoms with Crippen LogP contribution in [0.1, 0.15) is 5.56 Å². The minimum atomic E-state index is -1.27. The first kappa shape index (κ1) is 19.8. The number of nitrogens with zero attached hydrogens (tertiary/aromatic N) is 4. The van der Waals surface area contributed by atoms with E-state index in [4.69, 9.17) is 4.74 Å². The third-order valence-electron chi connectivity index (χ3n) is 3.34. The van der Waals surface area contributed by atoms with E-state index in [0.29, 0.717) is 21.5 Å². The van der Waals surface area contributed by atoms with Gasteiger partial charge in [-0.3, -0.25) is 14.5 Å². The van der Waals surface area contributed by atoms with Crippen LogP contribution < -0.4 is 15.4 Å². The molecular weight excluding hydrogens is 407 g/mol. The number of anilines is 2. The molecule has 3 rings (SSSR count). The van der Waals surface area contributed by atoms with Gasteiger partial charge in [-0.25, -0.2) is 14.2 Å². The number of rotatable bonds is 7. The molecule has 0 aliphatic carbocycles. The predicted octanol–water partition coefficient (Wildman–Crippen LogP) is 2.47. The second kappa shape index (κ2) is 9.28.